The summed E-state index contributed by atoms with van der Waals surface area (Å²) in [6.45, 7) is 0. The first-order valence-electron chi connectivity index (χ1n) is 18.8. The van der Waals surface area contributed by atoms with Gasteiger partial charge in [0.1, 0.15) is 0 Å². The number of rotatable bonds is 4. The fourth-order valence-electron chi connectivity index (χ4n) is 8.96. The number of nitrogens with zero attached hydrogens (tertiary/aromatic N) is 2. The summed E-state index contributed by atoms with van der Waals surface area (Å²) in [6.07, 6.45) is 0. The Bertz CT molecular complexity index is 3470. The lowest BCUT2D eigenvalue weighted by Crippen LogP contribution is -1.94. The van der Waals surface area contributed by atoms with Crippen LogP contribution in [0.15, 0.2) is 194 Å². The van der Waals surface area contributed by atoms with E-state index in [4.69, 9.17) is 0 Å². The molecule has 0 fully saturated rings. The van der Waals surface area contributed by atoms with Gasteiger partial charge in [-0.2, -0.15) is 0 Å². The molecule has 3 heteroatoms. The average Bonchev–Trinajstić information content (AvgIpc) is 3.90. The van der Waals surface area contributed by atoms with Gasteiger partial charge >= 0.3 is 0 Å². The molecular weight excluding hydrogens is 685 g/mol. The summed E-state index contributed by atoms with van der Waals surface area (Å²) < 4.78 is 7.51. The molecule has 0 bridgehead atoms. The van der Waals surface area contributed by atoms with Crippen LogP contribution in [0.5, 0.6) is 0 Å². The molecule has 0 atom stereocenters. The maximum Gasteiger partial charge on any atom is 0.0634 e. The average molecular weight is 717 g/mol. The Morgan fingerprint density at radius 2 is 0.945 bits per heavy atom. The molecule has 0 saturated carbocycles. The summed E-state index contributed by atoms with van der Waals surface area (Å²) in [5, 5.41) is 10.2. The van der Waals surface area contributed by atoms with E-state index in [0.29, 0.717) is 0 Å². The first-order valence-corrected chi connectivity index (χ1v) is 19.7. The number of aromatic nitrogens is 2. The second kappa shape index (κ2) is 11.8. The molecular formula is C52H32N2S. The fourth-order valence-corrected chi connectivity index (χ4v) is 10.1. The minimum atomic E-state index is 1.17. The first-order chi connectivity index (χ1) is 27.3. The minimum absolute atomic E-state index is 1.17. The molecule has 256 valence electrons. The maximum atomic E-state index is 2.49. The third kappa shape index (κ3) is 4.60. The Balaban J connectivity index is 1.11. The lowest BCUT2D eigenvalue weighted by molar-refractivity contribution is 1.18. The molecule has 9 aromatic carbocycles. The number of para-hydroxylation sites is 3. The van der Waals surface area contributed by atoms with Crippen molar-refractivity contribution >= 4 is 85.9 Å². The van der Waals surface area contributed by atoms with Crippen LogP contribution in [0, 0.1) is 0 Å². The van der Waals surface area contributed by atoms with E-state index in [9.17, 15) is 0 Å². The maximum absolute atomic E-state index is 2.49. The molecule has 0 aliphatic carbocycles. The Hall–Kier alpha value is -6.94. The summed E-state index contributed by atoms with van der Waals surface area (Å²) >= 11 is 1.89. The van der Waals surface area contributed by atoms with Gasteiger partial charge in [0.15, 0.2) is 0 Å². The van der Waals surface area contributed by atoms with E-state index >= 15 is 0 Å². The zero-order chi connectivity index (χ0) is 36.0. The third-order valence-corrected chi connectivity index (χ3v) is 12.6. The summed E-state index contributed by atoms with van der Waals surface area (Å²) in [7, 11) is 0. The smallest absolute Gasteiger partial charge is 0.0634 e. The molecule has 12 rings (SSSR count). The normalized spacial score (nSPS) is 12.0. The van der Waals surface area contributed by atoms with Crippen molar-refractivity contribution in [1.29, 1.82) is 0 Å². The summed E-state index contributed by atoms with van der Waals surface area (Å²) in [4.78, 5) is 0. The number of hydrogen-bond donors (Lipinski definition) is 0. The monoisotopic (exact) mass is 716 g/mol. The van der Waals surface area contributed by atoms with Crippen molar-refractivity contribution < 1.29 is 0 Å². The van der Waals surface area contributed by atoms with Crippen LogP contribution >= 0.6 is 11.3 Å². The molecule has 0 unspecified atom stereocenters. The van der Waals surface area contributed by atoms with Gasteiger partial charge in [-0.25, -0.2) is 0 Å². The molecule has 0 N–H and O–H groups in total. The van der Waals surface area contributed by atoms with Crippen molar-refractivity contribution in [2.45, 2.75) is 0 Å². The van der Waals surface area contributed by atoms with Gasteiger partial charge in [0.2, 0.25) is 0 Å². The van der Waals surface area contributed by atoms with Crippen LogP contribution in [0.2, 0.25) is 0 Å². The molecule has 0 amide bonds. The predicted octanol–water partition coefficient (Wildman–Crippen LogP) is 14.7. The molecule has 0 spiro atoms. The topological polar surface area (TPSA) is 9.86 Å². The number of thiophene rings is 1. The fraction of sp³-hybridized carbons (Fsp3) is 0. The lowest BCUT2D eigenvalue weighted by Gasteiger charge is -2.10. The molecule has 12 aromatic rings. The van der Waals surface area contributed by atoms with E-state index in [-0.39, 0.29) is 0 Å². The van der Waals surface area contributed by atoms with Gasteiger partial charge < -0.3 is 9.13 Å². The molecule has 0 saturated heterocycles. The highest BCUT2D eigenvalue weighted by molar-refractivity contribution is 7.26. The summed E-state index contributed by atoms with van der Waals surface area (Å²) in [6, 6.07) is 71.4. The highest BCUT2D eigenvalue weighted by Crippen LogP contribution is 2.46. The van der Waals surface area contributed by atoms with Gasteiger partial charge in [0.25, 0.3) is 0 Å². The Morgan fingerprint density at radius 3 is 1.76 bits per heavy atom. The van der Waals surface area contributed by atoms with Crippen molar-refractivity contribution in [2.75, 3.05) is 0 Å². The molecule has 0 aliphatic rings. The SMILES string of the molecule is c1ccc(-n2c3ccccc3c3cc4c(cc32)sc2ccc3c5cc(-c6cccc(-c7ccc8ccccc8c7)c6)ccc5n(-c5ccccc5)c3c24)cc1. The summed E-state index contributed by atoms with van der Waals surface area (Å²) in [5.41, 5.74) is 12.2. The molecule has 0 aliphatic heterocycles. The van der Waals surface area contributed by atoms with Crippen LogP contribution in [0.1, 0.15) is 0 Å². The standard InChI is InChI=1S/C52H32N2S/c1-3-16-39(17-4-1)53-46-21-10-9-20-41(46)44-31-45-50(32-48(44)53)55-49-27-25-42-43-30-38(24-26-47(43)54(52(42)51(45)49)40-18-5-2-6-19-40)36-15-11-14-35(29-36)37-23-22-33-12-7-8-13-34(33)28-37/h1-32H. The van der Waals surface area contributed by atoms with Crippen LogP contribution < -0.4 is 0 Å². The molecule has 3 aromatic heterocycles. The van der Waals surface area contributed by atoms with Gasteiger partial charge in [-0.1, -0.05) is 121 Å². The van der Waals surface area contributed by atoms with E-state index < -0.39 is 0 Å². The van der Waals surface area contributed by atoms with Crippen LogP contribution in [0.3, 0.4) is 0 Å². The highest BCUT2D eigenvalue weighted by Gasteiger charge is 2.21. The predicted molar refractivity (Wildman–Crippen MR) is 236 cm³/mol. The van der Waals surface area contributed by atoms with E-state index in [1.165, 1.54) is 108 Å². The van der Waals surface area contributed by atoms with Crippen LogP contribution in [0.25, 0.3) is 108 Å². The number of hydrogen-bond acceptors (Lipinski definition) is 1. The van der Waals surface area contributed by atoms with Crippen molar-refractivity contribution in [3.05, 3.63) is 194 Å². The van der Waals surface area contributed by atoms with Crippen molar-refractivity contribution in [3.63, 3.8) is 0 Å². The van der Waals surface area contributed by atoms with Gasteiger partial charge in [-0.05, 0) is 106 Å². The largest absolute Gasteiger partial charge is 0.309 e. The van der Waals surface area contributed by atoms with Gasteiger partial charge in [0.05, 0.1) is 22.1 Å². The zero-order valence-corrected chi connectivity index (χ0v) is 30.6. The second-order valence-corrected chi connectivity index (χ2v) is 15.6. The van der Waals surface area contributed by atoms with Crippen LogP contribution in [0.4, 0.5) is 0 Å². The number of benzene rings is 9. The lowest BCUT2D eigenvalue weighted by atomic mass is 9.96. The van der Waals surface area contributed by atoms with E-state index in [1.807, 2.05) is 11.3 Å². The van der Waals surface area contributed by atoms with Gasteiger partial charge in [-0.3, -0.25) is 0 Å². The van der Waals surface area contributed by atoms with Crippen LogP contribution in [-0.4, -0.2) is 9.13 Å². The molecule has 55 heavy (non-hydrogen) atoms. The van der Waals surface area contributed by atoms with E-state index in [0.717, 1.165) is 0 Å². The van der Waals surface area contributed by atoms with E-state index in [2.05, 4.69) is 203 Å². The second-order valence-electron chi connectivity index (χ2n) is 14.5. The van der Waals surface area contributed by atoms with Gasteiger partial charge in [-0.15, -0.1) is 11.3 Å². The van der Waals surface area contributed by atoms with Crippen molar-refractivity contribution in [1.82, 2.24) is 9.13 Å². The highest BCUT2D eigenvalue weighted by atomic mass is 32.1. The van der Waals surface area contributed by atoms with Crippen molar-refractivity contribution in [2.24, 2.45) is 0 Å². The molecule has 0 radical (unpaired) electrons. The molecule has 2 nitrogen and oxygen atoms in total. The van der Waals surface area contributed by atoms with Gasteiger partial charge in [0, 0.05) is 53.1 Å². The van der Waals surface area contributed by atoms with Crippen LogP contribution in [-0.2, 0) is 0 Å². The Morgan fingerprint density at radius 1 is 0.309 bits per heavy atom. The Kier molecular flexibility index (Phi) is 6.54. The quantitative estimate of drug-likeness (QED) is 0.172. The minimum Gasteiger partial charge on any atom is -0.309 e. The summed E-state index contributed by atoms with van der Waals surface area (Å²) in [5.74, 6) is 0. The number of fused-ring (bicyclic) bond motifs is 11. The zero-order valence-electron chi connectivity index (χ0n) is 29.8. The van der Waals surface area contributed by atoms with E-state index in [1.54, 1.807) is 0 Å². The molecule has 3 heterocycles. The Labute approximate surface area is 321 Å². The third-order valence-electron chi connectivity index (χ3n) is 11.5. The van der Waals surface area contributed by atoms with Crippen molar-refractivity contribution in [3.8, 4) is 33.6 Å². The first kappa shape index (κ1) is 30.5.